The first-order chi connectivity index (χ1) is 10.0. The van der Waals surface area contributed by atoms with Crippen molar-refractivity contribution in [3.63, 3.8) is 0 Å². The Morgan fingerprint density at radius 1 is 1.24 bits per heavy atom. The Hall–Kier alpha value is -2.04. The van der Waals surface area contributed by atoms with Crippen LogP contribution < -0.4 is 11.1 Å². The zero-order chi connectivity index (χ0) is 15.2. The second kappa shape index (κ2) is 7.11. The Balaban J connectivity index is 1.89. The van der Waals surface area contributed by atoms with Gasteiger partial charge in [-0.15, -0.1) is 0 Å². The average molecular weight is 304 g/mol. The Labute approximate surface area is 129 Å². The molecule has 1 amide bonds. The molecule has 0 aliphatic carbocycles. The second-order valence-electron chi connectivity index (χ2n) is 4.95. The highest BCUT2D eigenvalue weighted by Crippen LogP contribution is 2.20. The summed E-state index contributed by atoms with van der Waals surface area (Å²) in [6, 6.07) is 14.8. The van der Waals surface area contributed by atoms with Gasteiger partial charge in [-0.25, -0.2) is 0 Å². The Kier molecular flexibility index (Phi) is 5.20. The van der Waals surface area contributed by atoms with E-state index in [2.05, 4.69) is 5.32 Å². The van der Waals surface area contributed by atoms with Gasteiger partial charge in [-0.2, -0.15) is 0 Å². The summed E-state index contributed by atoms with van der Waals surface area (Å²) in [5.74, 6) is -0.102. The lowest BCUT2D eigenvalue weighted by Crippen LogP contribution is -2.29. The van der Waals surface area contributed by atoms with Gasteiger partial charge in [0.25, 0.3) is 0 Å². The molecule has 0 atom stereocenters. The number of halogens is 1. The van der Waals surface area contributed by atoms with E-state index in [1.807, 2.05) is 48.3 Å². The molecule has 0 saturated carbocycles. The average Bonchev–Trinajstić information content (AvgIpc) is 2.41. The smallest absolute Gasteiger partial charge is 0.238 e. The van der Waals surface area contributed by atoms with Crippen molar-refractivity contribution in [2.75, 3.05) is 24.6 Å². The summed E-state index contributed by atoms with van der Waals surface area (Å²) in [6.07, 6.45) is 0. The Bertz CT molecular complexity index is 630. The normalized spacial score (nSPS) is 10.6. The first-order valence-corrected chi connectivity index (χ1v) is 7.00. The SMILES string of the molecule is CN(CC(=O)Nc1ccccc1Cl)Cc1cccc(N)c1. The third-order valence-corrected chi connectivity index (χ3v) is 3.29. The summed E-state index contributed by atoms with van der Waals surface area (Å²) in [7, 11) is 1.88. The van der Waals surface area contributed by atoms with Crippen molar-refractivity contribution < 1.29 is 4.79 Å². The van der Waals surface area contributed by atoms with Crippen LogP contribution in [0.1, 0.15) is 5.56 Å². The van der Waals surface area contributed by atoms with Crippen molar-refractivity contribution in [1.29, 1.82) is 0 Å². The van der Waals surface area contributed by atoms with E-state index < -0.39 is 0 Å². The van der Waals surface area contributed by atoms with Crippen LogP contribution in [0.2, 0.25) is 5.02 Å². The van der Waals surface area contributed by atoms with E-state index in [1.165, 1.54) is 0 Å². The zero-order valence-electron chi connectivity index (χ0n) is 11.8. The van der Waals surface area contributed by atoms with Crippen molar-refractivity contribution in [3.8, 4) is 0 Å². The highest BCUT2D eigenvalue weighted by atomic mass is 35.5. The molecule has 2 rings (SSSR count). The van der Waals surface area contributed by atoms with Crippen LogP contribution in [0.25, 0.3) is 0 Å². The zero-order valence-corrected chi connectivity index (χ0v) is 12.6. The van der Waals surface area contributed by atoms with E-state index in [0.29, 0.717) is 17.3 Å². The van der Waals surface area contributed by atoms with Crippen LogP contribution in [0, 0.1) is 0 Å². The van der Waals surface area contributed by atoms with E-state index in [1.54, 1.807) is 12.1 Å². The minimum atomic E-state index is -0.102. The molecule has 3 N–H and O–H groups in total. The summed E-state index contributed by atoms with van der Waals surface area (Å²) in [5, 5.41) is 3.33. The third kappa shape index (κ3) is 4.77. The highest BCUT2D eigenvalue weighted by Gasteiger charge is 2.09. The van der Waals surface area contributed by atoms with Gasteiger partial charge in [0.05, 0.1) is 17.3 Å². The predicted molar refractivity (Wildman–Crippen MR) is 87.3 cm³/mol. The molecule has 2 aromatic rings. The van der Waals surface area contributed by atoms with Crippen molar-refractivity contribution >= 4 is 28.9 Å². The van der Waals surface area contributed by atoms with Gasteiger partial charge in [-0.05, 0) is 36.9 Å². The number of hydrogen-bond donors (Lipinski definition) is 2. The molecular weight excluding hydrogens is 286 g/mol. The number of rotatable bonds is 5. The standard InChI is InChI=1S/C16H18ClN3O/c1-20(10-12-5-4-6-13(18)9-12)11-16(21)19-15-8-3-2-7-14(15)17/h2-9H,10-11,18H2,1H3,(H,19,21). The highest BCUT2D eigenvalue weighted by molar-refractivity contribution is 6.33. The van der Waals surface area contributed by atoms with Gasteiger partial charge < -0.3 is 11.1 Å². The van der Waals surface area contributed by atoms with Crippen LogP contribution in [0.3, 0.4) is 0 Å². The van der Waals surface area contributed by atoms with Crippen LogP contribution in [-0.4, -0.2) is 24.4 Å². The molecule has 110 valence electrons. The molecule has 21 heavy (non-hydrogen) atoms. The lowest BCUT2D eigenvalue weighted by Gasteiger charge is -2.17. The predicted octanol–water partition coefficient (Wildman–Crippen LogP) is 2.99. The van der Waals surface area contributed by atoms with Crippen LogP contribution >= 0.6 is 11.6 Å². The summed E-state index contributed by atoms with van der Waals surface area (Å²) in [4.78, 5) is 13.9. The number of benzene rings is 2. The summed E-state index contributed by atoms with van der Waals surface area (Å²) in [5.41, 5.74) is 8.16. The summed E-state index contributed by atoms with van der Waals surface area (Å²) < 4.78 is 0. The fraction of sp³-hybridized carbons (Fsp3) is 0.188. The molecule has 5 heteroatoms. The van der Waals surface area contributed by atoms with Crippen LogP contribution in [0.5, 0.6) is 0 Å². The van der Waals surface area contributed by atoms with Gasteiger partial charge >= 0.3 is 0 Å². The number of amides is 1. The van der Waals surface area contributed by atoms with E-state index in [4.69, 9.17) is 17.3 Å². The van der Waals surface area contributed by atoms with Crippen molar-refractivity contribution in [3.05, 3.63) is 59.1 Å². The van der Waals surface area contributed by atoms with Crippen molar-refractivity contribution in [1.82, 2.24) is 4.90 Å². The number of carbonyl (C=O) groups excluding carboxylic acids is 1. The third-order valence-electron chi connectivity index (χ3n) is 2.96. The fourth-order valence-corrected chi connectivity index (χ4v) is 2.24. The number of nitrogen functional groups attached to an aromatic ring is 1. The number of anilines is 2. The number of nitrogens with one attached hydrogen (secondary N) is 1. The molecule has 0 aliphatic rings. The van der Waals surface area contributed by atoms with E-state index in [0.717, 1.165) is 11.3 Å². The first kappa shape index (κ1) is 15.4. The lowest BCUT2D eigenvalue weighted by molar-refractivity contribution is -0.117. The first-order valence-electron chi connectivity index (χ1n) is 6.62. The number of para-hydroxylation sites is 1. The summed E-state index contributed by atoms with van der Waals surface area (Å²) in [6.45, 7) is 0.932. The van der Waals surface area contributed by atoms with Crippen molar-refractivity contribution in [2.24, 2.45) is 0 Å². The monoisotopic (exact) mass is 303 g/mol. The van der Waals surface area contributed by atoms with Gasteiger partial charge in [0, 0.05) is 12.2 Å². The fourth-order valence-electron chi connectivity index (χ4n) is 2.06. The largest absolute Gasteiger partial charge is 0.399 e. The molecule has 0 unspecified atom stereocenters. The number of likely N-dealkylation sites (N-methyl/N-ethyl adjacent to an activating group) is 1. The number of nitrogens with zero attached hydrogens (tertiary/aromatic N) is 1. The Morgan fingerprint density at radius 2 is 2.00 bits per heavy atom. The quantitative estimate of drug-likeness (QED) is 0.835. The number of carbonyl (C=O) groups is 1. The van der Waals surface area contributed by atoms with Crippen molar-refractivity contribution in [2.45, 2.75) is 6.54 Å². The van der Waals surface area contributed by atoms with E-state index in [9.17, 15) is 4.79 Å². The maximum Gasteiger partial charge on any atom is 0.238 e. The Morgan fingerprint density at radius 3 is 2.71 bits per heavy atom. The van der Waals surface area contributed by atoms with Gasteiger partial charge in [0.2, 0.25) is 5.91 Å². The van der Waals surface area contributed by atoms with Gasteiger partial charge in [-0.3, -0.25) is 9.69 Å². The van der Waals surface area contributed by atoms with Crippen LogP contribution in [-0.2, 0) is 11.3 Å². The molecule has 0 bridgehead atoms. The van der Waals surface area contributed by atoms with Gasteiger partial charge in [-0.1, -0.05) is 35.9 Å². The number of hydrogen-bond acceptors (Lipinski definition) is 3. The molecule has 0 heterocycles. The van der Waals surface area contributed by atoms with Crippen LogP contribution in [0.15, 0.2) is 48.5 Å². The molecule has 0 aromatic heterocycles. The minimum absolute atomic E-state index is 0.102. The van der Waals surface area contributed by atoms with Gasteiger partial charge in [0.1, 0.15) is 0 Å². The van der Waals surface area contributed by atoms with Gasteiger partial charge in [0.15, 0.2) is 0 Å². The van der Waals surface area contributed by atoms with Crippen LogP contribution in [0.4, 0.5) is 11.4 Å². The molecule has 4 nitrogen and oxygen atoms in total. The number of nitrogens with two attached hydrogens (primary N) is 1. The lowest BCUT2D eigenvalue weighted by atomic mass is 10.2. The molecule has 0 saturated heterocycles. The maximum atomic E-state index is 12.0. The summed E-state index contributed by atoms with van der Waals surface area (Å²) >= 11 is 6.01. The maximum absolute atomic E-state index is 12.0. The molecule has 2 aromatic carbocycles. The van der Waals surface area contributed by atoms with E-state index >= 15 is 0 Å². The topological polar surface area (TPSA) is 58.4 Å². The minimum Gasteiger partial charge on any atom is -0.399 e. The van der Waals surface area contributed by atoms with E-state index in [-0.39, 0.29) is 12.5 Å². The molecule has 0 fully saturated rings. The molecule has 0 radical (unpaired) electrons. The molecule has 0 aliphatic heterocycles. The second-order valence-corrected chi connectivity index (χ2v) is 5.35. The molecule has 0 spiro atoms. The molecular formula is C16H18ClN3O.